The fourth-order valence-corrected chi connectivity index (χ4v) is 2.02. The topological polar surface area (TPSA) is 35.2 Å². The maximum absolute atomic E-state index is 6.20. The van der Waals surface area contributed by atoms with E-state index in [4.69, 9.17) is 22.1 Å². The van der Waals surface area contributed by atoms with Crippen LogP contribution in [-0.4, -0.2) is 7.11 Å². The van der Waals surface area contributed by atoms with Crippen LogP contribution >= 0.6 is 11.6 Å². The predicted octanol–water partition coefficient (Wildman–Crippen LogP) is 2.60. The number of methoxy groups -OCH3 is 1. The van der Waals surface area contributed by atoms with E-state index in [1.807, 2.05) is 13.0 Å². The minimum absolute atomic E-state index is 0.198. The van der Waals surface area contributed by atoms with E-state index in [0.29, 0.717) is 5.02 Å². The first-order valence-electron chi connectivity index (χ1n) is 4.70. The van der Waals surface area contributed by atoms with Crippen LogP contribution in [-0.2, 0) is 5.54 Å². The van der Waals surface area contributed by atoms with Gasteiger partial charge in [0.2, 0.25) is 0 Å². The molecule has 1 fully saturated rings. The lowest BCUT2D eigenvalue weighted by molar-refractivity contribution is 0.413. The Morgan fingerprint density at radius 3 is 2.57 bits per heavy atom. The molecule has 0 saturated heterocycles. The molecule has 0 heterocycles. The average Bonchev–Trinajstić information content (AvgIpc) is 2.88. The monoisotopic (exact) mass is 211 g/mol. The maximum Gasteiger partial charge on any atom is 0.138 e. The number of hydrogen-bond donors (Lipinski definition) is 1. The highest BCUT2D eigenvalue weighted by atomic mass is 35.5. The molecule has 1 aromatic rings. The molecule has 0 unspecified atom stereocenters. The van der Waals surface area contributed by atoms with E-state index in [9.17, 15) is 0 Å². The third-order valence-corrected chi connectivity index (χ3v) is 3.12. The fourth-order valence-electron chi connectivity index (χ4n) is 1.65. The van der Waals surface area contributed by atoms with Gasteiger partial charge < -0.3 is 10.5 Å². The molecule has 1 saturated carbocycles. The van der Waals surface area contributed by atoms with Crippen molar-refractivity contribution in [2.45, 2.75) is 25.3 Å². The van der Waals surface area contributed by atoms with E-state index in [-0.39, 0.29) is 5.54 Å². The second-order valence-electron chi connectivity index (χ2n) is 3.98. The summed E-state index contributed by atoms with van der Waals surface area (Å²) in [4.78, 5) is 0. The molecule has 1 aliphatic rings. The summed E-state index contributed by atoms with van der Waals surface area (Å²) < 4.78 is 5.20. The zero-order chi connectivity index (χ0) is 10.3. The standard InChI is InChI=1S/C11H14ClNO/c1-7-5-8(11(13)3-4-11)10(12)9(6-7)14-2/h5-6H,3-4,13H2,1-2H3. The number of nitrogens with two attached hydrogens (primary N) is 1. The van der Waals surface area contributed by atoms with E-state index < -0.39 is 0 Å². The maximum atomic E-state index is 6.20. The number of benzene rings is 1. The first-order chi connectivity index (χ1) is 6.57. The lowest BCUT2D eigenvalue weighted by atomic mass is 10.0. The van der Waals surface area contributed by atoms with Crippen molar-refractivity contribution in [3.8, 4) is 5.75 Å². The van der Waals surface area contributed by atoms with Crippen LogP contribution in [0.4, 0.5) is 0 Å². The summed E-state index contributed by atoms with van der Waals surface area (Å²) in [5.41, 5.74) is 8.08. The van der Waals surface area contributed by atoms with Crippen molar-refractivity contribution in [2.75, 3.05) is 7.11 Å². The van der Waals surface area contributed by atoms with E-state index in [1.165, 1.54) is 0 Å². The third kappa shape index (κ3) is 1.49. The highest BCUT2D eigenvalue weighted by Crippen LogP contribution is 2.47. The summed E-state index contributed by atoms with van der Waals surface area (Å²) >= 11 is 6.20. The largest absolute Gasteiger partial charge is 0.495 e. The first-order valence-corrected chi connectivity index (χ1v) is 5.08. The van der Waals surface area contributed by atoms with Crippen LogP contribution in [0.2, 0.25) is 5.02 Å². The molecule has 2 rings (SSSR count). The highest BCUT2D eigenvalue weighted by molar-refractivity contribution is 6.33. The van der Waals surface area contributed by atoms with Gasteiger partial charge in [-0.05, 0) is 37.0 Å². The van der Waals surface area contributed by atoms with Gasteiger partial charge in [0.15, 0.2) is 0 Å². The molecule has 2 N–H and O–H groups in total. The lowest BCUT2D eigenvalue weighted by Gasteiger charge is -2.15. The molecule has 3 heteroatoms. The molecule has 0 aromatic heterocycles. The fraction of sp³-hybridized carbons (Fsp3) is 0.455. The molecule has 0 bridgehead atoms. The van der Waals surface area contributed by atoms with Gasteiger partial charge in [0.05, 0.1) is 12.1 Å². The minimum Gasteiger partial charge on any atom is -0.495 e. The van der Waals surface area contributed by atoms with Crippen LogP contribution in [0, 0.1) is 6.92 Å². The molecule has 0 radical (unpaired) electrons. The zero-order valence-corrected chi connectivity index (χ0v) is 9.19. The number of hydrogen-bond acceptors (Lipinski definition) is 2. The van der Waals surface area contributed by atoms with E-state index in [0.717, 1.165) is 29.7 Å². The summed E-state index contributed by atoms with van der Waals surface area (Å²) in [5.74, 6) is 0.721. The Kier molecular flexibility index (Phi) is 2.20. The Morgan fingerprint density at radius 1 is 1.43 bits per heavy atom. The molecule has 0 atom stereocenters. The van der Waals surface area contributed by atoms with Crippen LogP contribution in [0.5, 0.6) is 5.75 Å². The lowest BCUT2D eigenvalue weighted by Crippen LogP contribution is -2.19. The Balaban J connectivity index is 2.54. The van der Waals surface area contributed by atoms with Crippen LogP contribution in [0.1, 0.15) is 24.0 Å². The second kappa shape index (κ2) is 3.14. The Morgan fingerprint density at radius 2 is 2.07 bits per heavy atom. The van der Waals surface area contributed by atoms with Gasteiger partial charge >= 0.3 is 0 Å². The average molecular weight is 212 g/mol. The van der Waals surface area contributed by atoms with Gasteiger partial charge in [0.1, 0.15) is 5.75 Å². The highest BCUT2D eigenvalue weighted by Gasteiger charge is 2.42. The first kappa shape index (κ1) is 9.81. The van der Waals surface area contributed by atoms with Gasteiger partial charge in [-0.25, -0.2) is 0 Å². The van der Waals surface area contributed by atoms with Crippen molar-refractivity contribution < 1.29 is 4.74 Å². The third-order valence-electron chi connectivity index (χ3n) is 2.73. The number of halogens is 1. The van der Waals surface area contributed by atoms with Gasteiger partial charge in [-0.2, -0.15) is 0 Å². The number of ether oxygens (including phenoxy) is 1. The summed E-state index contributed by atoms with van der Waals surface area (Å²) in [6.45, 7) is 2.02. The minimum atomic E-state index is -0.198. The quantitative estimate of drug-likeness (QED) is 0.816. The van der Waals surface area contributed by atoms with Crippen molar-refractivity contribution in [1.29, 1.82) is 0 Å². The van der Waals surface area contributed by atoms with Gasteiger partial charge in [-0.1, -0.05) is 17.7 Å². The van der Waals surface area contributed by atoms with Crippen molar-refractivity contribution >= 4 is 11.6 Å². The van der Waals surface area contributed by atoms with Crippen LogP contribution in [0.3, 0.4) is 0 Å². The van der Waals surface area contributed by atoms with Gasteiger partial charge in [-0.3, -0.25) is 0 Å². The van der Waals surface area contributed by atoms with Gasteiger partial charge in [0.25, 0.3) is 0 Å². The van der Waals surface area contributed by atoms with Crippen molar-refractivity contribution in [1.82, 2.24) is 0 Å². The zero-order valence-electron chi connectivity index (χ0n) is 8.43. The van der Waals surface area contributed by atoms with Crippen molar-refractivity contribution in [3.63, 3.8) is 0 Å². The van der Waals surface area contributed by atoms with E-state index in [2.05, 4.69) is 6.07 Å². The summed E-state index contributed by atoms with van der Waals surface area (Å²) in [7, 11) is 1.63. The molecular weight excluding hydrogens is 198 g/mol. The van der Waals surface area contributed by atoms with E-state index in [1.54, 1.807) is 7.11 Å². The smallest absolute Gasteiger partial charge is 0.138 e. The van der Waals surface area contributed by atoms with E-state index >= 15 is 0 Å². The summed E-state index contributed by atoms with van der Waals surface area (Å²) in [6, 6.07) is 3.98. The van der Waals surface area contributed by atoms with Crippen LogP contribution in [0.25, 0.3) is 0 Å². The van der Waals surface area contributed by atoms with Crippen molar-refractivity contribution in [3.05, 3.63) is 28.3 Å². The molecule has 0 amide bonds. The predicted molar refractivity (Wildman–Crippen MR) is 57.8 cm³/mol. The molecule has 76 valence electrons. The molecule has 0 spiro atoms. The molecule has 14 heavy (non-hydrogen) atoms. The van der Waals surface area contributed by atoms with Gasteiger partial charge in [0, 0.05) is 5.54 Å². The molecule has 1 aliphatic carbocycles. The summed E-state index contributed by atoms with van der Waals surface area (Å²) in [6.07, 6.45) is 2.03. The molecule has 1 aromatic carbocycles. The Hall–Kier alpha value is -0.730. The number of rotatable bonds is 2. The Labute approximate surface area is 89.0 Å². The number of aryl methyl sites for hydroxylation is 1. The molecular formula is C11H14ClNO. The Bertz CT molecular complexity index is 372. The van der Waals surface area contributed by atoms with Gasteiger partial charge in [-0.15, -0.1) is 0 Å². The summed E-state index contributed by atoms with van der Waals surface area (Å²) in [5, 5.41) is 0.665. The SMILES string of the molecule is COc1cc(C)cc(C2(N)CC2)c1Cl. The van der Waals surface area contributed by atoms with Crippen LogP contribution in [0.15, 0.2) is 12.1 Å². The molecule has 0 aliphatic heterocycles. The molecule has 2 nitrogen and oxygen atoms in total. The normalized spacial score (nSPS) is 18.0. The second-order valence-corrected chi connectivity index (χ2v) is 4.36. The van der Waals surface area contributed by atoms with Crippen molar-refractivity contribution in [2.24, 2.45) is 5.73 Å². The van der Waals surface area contributed by atoms with Crippen LogP contribution < -0.4 is 10.5 Å².